The minimum atomic E-state index is -0.656. The lowest BCUT2D eigenvalue weighted by atomic mass is 9.59. The van der Waals surface area contributed by atoms with Gasteiger partial charge in [0, 0.05) is 68.1 Å². The number of benzene rings is 1. The molecule has 4 N–H and O–H groups in total. The molecule has 1 spiro atoms. The number of aromatic nitrogens is 2. The molecule has 2 aromatic rings. The Morgan fingerprint density at radius 1 is 1.27 bits per heavy atom. The Morgan fingerprint density at radius 2 is 1.98 bits per heavy atom. The Bertz CT molecular complexity index is 1330. The highest BCUT2D eigenvalue weighted by atomic mass is 35.5. The topological polar surface area (TPSA) is 126 Å². The second-order valence-electron chi connectivity index (χ2n) is 11.9. The molecular formula is C30H41ClN6O4. The van der Waals surface area contributed by atoms with Crippen molar-refractivity contribution in [3.05, 3.63) is 40.2 Å². The van der Waals surface area contributed by atoms with Crippen molar-refractivity contribution in [1.82, 2.24) is 20.2 Å². The monoisotopic (exact) mass is 584 g/mol. The predicted octanol–water partition coefficient (Wildman–Crippen LogP) is 2.64. The molecule has 2 saturated heterocycles. The number of ether oxygens (including phenoxy) is 2. The minimum absolute atomic E-state index is 0.122. The van der Waals surface area contributed by atoms with Crippen molar-refractivity contribution in [2.45, 2.75) is 51.9 Å². The highest BCUT2D eigenvalue weighted by molar-refractivity contribution is 6.33. The van der Waals surface area contributed by atoms with Gasteiger partial charge >= 0.3 is 0 Å². The number of nitrogens with one attached hydrogen (secondary N) is 1. The molecule has 1 saturated carbocycles. The minimum Gasteiger partial charge on any atom is -0.491 e. The van der Waals surface area contributed by atoms with E-state index >= 15 is 0 Å². The van der Waals surface area contributed by atoms with Crippen LogP contribution in [0.1, 0.15) is 37.9 Å². The average Bonchev–Trinajstić information content (AvgIpc) is 2.84. The summed E-state index contributed by atoms with van der Waals surface area (Å²) < 4.78 is 11.3. The second kappa shape index (κ2) is 11.9. The fraction of sp³-hybridized carbons (Fsp3) is 0.567. The molecule has 1 aromatic carbocycles. The van der Waals surface area contributed by atoms with E-state index in [1.54, 1.807) is 39.3 Å². The largest absolute Gasteiger partial charge is 0.491 e. The van der Waals surface area contributed by atoms with Gasteiger partial charge in [-0.3, -0.25) is 9.69 Å². The van der Waals surface area contributed by atoms with E-state index in [2.05, 4.69) is 15.1 Å². The number of nitrogens with zero attached hydrogens (tertiary/aromatic N) is 4. The van der Waals surface area contributed by atoms with Crippen LogP contribution in [-0.2, 0) is 9.53 Å². The first-order valence-electron chi connectivity index (χ1n) is 14.2. The van der Waals surface area contributed by atoms with E-state index in [1.807, 2.05) is 6.92 Å². The first-order valence-corrected chi connectivity index (χ1v) is 14.6. The van der Waals surface area contributed by atoms with Crippen LogP contribution in [0.2, 0.25) is 5.02 Å². The predicted molar refractivity (Wildman–Crippen MR) is 160 cm³/mol. The Morgan fingerprint density at radius 3 is 2.59 bits per heavy atom. The molecule has 0 unspecified atom stereocenters. The molecule has 41 heavy (non-hydrogen) atoms. The number of hydrogen-bond acceptors (Lipinski definition) is 10. The summed E-state index contributed by atoms with van der Waals surface area (Å²) >= 11 is 6.66. The van der Waals surface area contributed by atoms with Gasteiger partial charge in [0.05, 0.1) is 22.4 Å². The molecule has 2 aliphatic heterocycles. The average molecular weight is 585 g/mol. The normalized spacial score (nSPS) is 20.2. The lowest BCUT2D eigenvalue weighted by Gasteiger charge is -2.63. The third kappa shape index (κ3) is 5.94. The Labute approximate surface area is 246 Å². The van der Waals surface area contributed by atoms with Gasteiger partial charge in [-0.05, 0) is 58.9 Å². The van der Waals surface area contributed by atoms with Gasteiger partial charge in [0.2, 0.25) is 0 Å². The van der Waals surface area contributed by atoms with Gasteiger partial charge in [-0.2, -0.15) is 0 Å². The number of carbonyl (C=O) groups is 1. The molecule has 1 atom stereocenters. The van der Waals surface area contributed by atoms with Crippen LogP contribution in [0, 0.1) is 12.3 Å². The maximum Gasteiger partial charge on any atom is 0.163 e. The summed E-state index contributed by atoms with van der Waals surface area (Å²) in [6.07, 6.45) is 2.06. The molecule has 3 heterocycles. The Hall–Kier alpha value is -2.76. The van der Waals surface area contributed by atoms with Gasteiger partial charge in [0.1, 0.15) is 24.3 Å². The van der Waals surface area contributed by atoms with Crippen molar-refractivity contribution >= 4 is 28.8 Å². The first-order chi connectivity index (χ1) is 19.5. The molecule has 11 heteroatoms. The number of Topliss-reactive ketones (excluding diaryl/α,β-unsaturated/α-hetero) is 1. The second-order valence-corrected chi connectivity index (χ2v) is 12.3. The van der Waals surface area contributed by atoms with Crippen molar-refractivity contribution in [2.75, 3.05) is 58.4 Å². The number of likely N-dealkylation sites (tertiary alicyclic amines) is 1. The van der Waals surface area contributed by atoms with Crippen molar-refractivity contribution in [3.63, 3.8) is 0 Å². The third-order valence-electron chi connectivity index (χ3n) is 8.58. The number of aliphatic hydroxyl groups is 1. The summed E-state index contributed by atoms with van der Waals surface area (Å²) in [5, 5.41) is 13.4. The zero-order valence-corrected chi connectivity index (χ0v) is 25.3. The highest BCUT2D eigenvalue weighted by Gasteiger charge is 2.55. The van der Waals surface area contributed by atoms with E-state index < -0.39 is 6.10 Å². The zero-order valence-electron chi connectivity index (χ0n) is 24.5. The fourth-order valence-corrected chi connectivity index (χ4v) is 6.55. The van der Waals surface area contributed by atoms with E-state index in [9.17, 15) is 9.90 Å². The van der Waals surface area contributed by atoms with E-state index in [-0.39, 0.29) is 12.4 Å². The van der Waals surface area contributed by atoms with Gasteiger partial charge in [0.15, 0.2) is 11.6 Å². The molecule has 1 aromatic heterocycles. The van der Waals surface area contributed by atoms with Gasteiger partial charge < -0.3 is 30.5 Å². The summed E-state index contributed by atoms with van der Waals surface area (Å²) in [5.74, 6) is 1.56. The van der Waals surface area contributed by atoms with Crippen molar-refractivity contribution in [1.29, 1.82) is 0 Å². The van der Waals surface area contributed by atoms with Crippen LogP contribution in [-0.4, -0.2) is 97.5 Å². The molecule has 5 rings (SSSR count). The fourth-order valence-electron chi connectivity index (χ4n) is 6.35. The maximum atomic E-state index is 12.7. The van der Waals surface area contributed by atoms with E-state index in [0.29, 0.717) is 63.2 Å². The summed E-state index contributed by atoms with van der Waals surface area (Å²) in [7, 11) is 3.55. The molecule has 10 nitrogen and oxygen atoms in total. The summed E-state index contributed by atoms with van der Waals surface area (Å²) in [5.41, 5.74) is 9.20. The quantitative estimate of drug-likeness (QED) is 0.339. The number of hydrogen-bond donors (Lipinski definition) is 3. The molecule has 3 fully saturated rings. The van der Waals surface area contributed by atoms with Crippen LogP contribution >= 0.6 is 11.6 Å². The first kappa shape index (κ1) is 29.7. The van der Waals surface area contributed by atoms with Gasteiger partial charge in [-0.1, -0.05) is 11.6 Å². The van der Waals surface area contributed by atoms with Gasteiger partial charge in [0.25, 0.3) is 0 Å². The smallest absolute Gasteiger partial charge is 0.163 e. The lowest BCUT2D eigenvalue weighted by Crippen LogP contribution is -2.70. The molecule has 0 amide bonds. The van der Waals surface area contributed by atoms with E-state index in [1.165, 1.54) is 19.8 Å². The third-order valence-corrected chi connectivity index (χ3v) is 8.91. The number of ketones is 1. The maximum absolute atomic E-state index is 12.7. The molecule has 0 bridgehead atoms. The van der Waals surface area contributed by atoms with E-state index in [0.717, 1.165) is 37.6 Å². The SMILES string of the molecule is CNC[C@@H](O)COc1ccc(Cl)c(-c2nc(C(C(C)=O)=C(C)N)c(C)c(N3CC4(CC(N5CC(OC)C5)C4)C3)n2)c1. The molecule has 1 aliphatic carbocycles. The van der Waals surface area contributed by atoms with Crippen molar-refractivity contribution in [2.24, 2.45) is 11.1 Å². The van der Waals surface area contributed by atoms with Crippen molar-refractivity contribution < 1.29 is 19.4 Å². The number of halogens is 1. The van der Waals surface area contributed by atoms with Crippen LogP contribution in [0.3, 0.4) is 0 Å². The van der Waals surface area contributed by atoms with Gasteiger partial charge in [-0.25, -0.2) is 9.97 Å². The number of nitrogens with two attached hydrogens (primary N) is 1. The number of carbonyl (C=O) groups excluding carboxylic acids is 1. The highest BCUT2D eigenvalue weighted by Crippen LogP contribution is 2.52. The summed E-state index contributed by atoms with van der Waals surface area (Å²) in [6.45, 7) is 9.56. The molecule has 0 radical (unpaired) electrons. The van der Waals surface area contributed by atoms with Crippen LogP contribution < -0.4 is 20.7 Å². The van der Waals surface area contributed by atoms with Crippen LogP contribution in [0.4, 0.5) is 5.82 Å². The number of rotatable bonds is 11. The van der Waals surface area contributed by atoms with Crippen molar-refractivity contribution in [3.8, 4) is 17.1 Å². The Kier molecular flexibility index (Phi) is 8.59. The molecule has 222 valence electrons. The van der Waals surface area contributed by atoms with Crippen LogP contribution in [0.25, 0.3) is 17.0 Å². The zero-order chi connectivity index (χ0) is 29.5. The lowest BCUT2D eigenvalue weighted by molar-refractivity contribution is -0.111. The number of methoxy groups -OCH3 is 1. The van der Waals surface area contributed by atoms with E-state index in [4.69, 9.17) is 36.8 Å². The molecule has 3 aliphatic rings. The number of anilines is 1. The molecular weight excluding hydrogens is 544 g/mol. The van der Waals surface area contributed by atoms with Crippen LogP contribution in [0.15, 0.2) is 23.9 Å². The number of aliphatic hydroxyl groups excluding tert-OH is 1. The summed E-state index contributed by atoms with van der Waals surface area (Å²) in [6, 6.07) is 5.87. The number of likely N-dealkylation sites (N-methyl/N-ethyl adjacent to an activating group) is 1. The standard InChI is InChI=1S/C30H41ClN6O4/c1-17-27(26(18(2)32)19(3)38)34-28(24-8-22(6-7-25(24)31)41-14-21(39)11-33-4)35-29(17)37-15-30(16-37)9-20(10-30)36-12-23(13-36)40-5/h6-8,20-21,23,33,39H,9-16,32H2,1-5H3/t21-/m1/s1. The Balaban J connectivity index is 1.43. The van der Waals surface area contributed by atoms with Crippen LogP contribution in [0.5, 0.6) is 5.75 Å². The van der Waals surface area contributed by atoms with Gasteiger partial charge in [-0.15, -0.1) is 0 Å². The number of allylic oxidation sites excluding steroid dienone is 2. The summed E-state index contributed by atoms with van der Waals surface area (Å²) in [4.78, 5) is 27.3.